The van der Waals surface area contributed by atoms with Crippen molar-refractivity contribution in [2.75, 3.05) is 20.8 Å². The Morgan fingerprint density at radius 1 is 1.31 bits per heavy atom. The van der Waals surface area contributed by atoms with Gasteiger partial charge in [-0.2, -0.15) is 4.98 Å². The van der Waals surface area contributed by atoms with Gasteiger partial charge in [0.25, 0.3) is 0 Å². The van der Waals surface area contributed by atoms with E-state index in [-0.39, 0.29) is 11.9 Å². The maximum Gasteiger partial charge on any atom is 0.227 e. The van der Waals surface area contributed by atoms with Crippen molar-refractivity contribution < 1.29 is 18.8 Å². The number of likely N-dealkylation sites (tertiary alicyclic amines) is 1. The Bertz CT molecular complexity index is 970. The van der Waals surface area contributed by atoms with Gasteiger partial charge in [-0.3, -0.25) is 4.79 Å². The lowest BCUT2D eigenvalue weighted by Gasteiger charge is -2.26. The first-order valence-corrected chi connectivity index (χ1v) is 10.5. The first-order chi connectivity index (χ1) is 14.2. The van der Waals surface area contributed by atoms with Crippen LogP contribution in [0.5, 0.6) is 11.5 Å². The van der Waals surface area contributed by atoms with Crippen LogP contribution in [0.3, 0.4) is 0 Å². The average Bonchev–Trinajstić information content (AvgIpc) is 3.52. The molecule has 0 spiro atoms. The van der Waals surface area contributed by atoms with Crippen LogP contribution in [-0.4, -0.2) is 41.7 Å². The number of ether oxygens (including phenoxy) is 2. The Morgan fingerprint density at radius 3 is 2.97 bits per heavy atom. The van der Waals surface area contributed by atoms with Gasteiger partial charge in [0.1, 0.15) is 11.5 Å². The molecule has 1 fully saturated rings. The smallest absolute Gasteiger partial charge is 0.227 e. The summed E-state index contributed by atoms with van der Waals surface area (Å²) in [6, 6.07) is 9.59. The molecule has 152 valence electrons. The number of aryl methyl sites for hydroxylation is 1. The van der Waals surface area contributed by atoms with Gasteiger partial charge >= 0.3 is 0 Å². The summed E-state index contributed by atoms with van der Waals surface area (Å²) in [5.74, 6) is 2.66. The molecule has 1 amide bonds. The zero-order valence-corrected chi connectivity index (χ0v) is 17.3. The van der Waals surface area contributed by atoms with Crippen molar-refractivity contribution in [3.05, 3.63) is 47.2 Å². The number of carbonyl (C=O) groups is 1. The number of aromatic nitrogens is 2. The second kappa shape index (κ2) is 8.65. The lowest BCUT2D eigenvalue weighted by atomic mass is 10.0. The molecule has 29 heavy (non-hydrogen) atoms. The summed E-state index contributed by atoms with van der Waals surface area (Å²) < 4.78 is 16.2. The maximum absolute atomic E-state index is 13.0. The third-order valence-electron chi connectivity index (χ3n) is 5.13. The molecule has 1 saturated heterocycles. The van der Waals surface area contributed by atoms with Crippen molar-refractivity contribution >= 4 is 17.2 Å². The summed E-state index contributed by atoms with van der Waals surface area (Å²) in [5.41, 5.74) is 0.982. The highest BCUT2D eigenvalue weighted by atomic mass is 32.1. The minimum Gasteiger partial charge on any atom is -0.497 e. The van der Waals surface area contributed by atoms with Crippen LogP contribution in [0.25, 0.3) is 10.7 Å². The first-order valence-electron chi connectivity index (χ1n) is 9.57. The molecule has 0 bridgehead atoms. The first kappa shape index (κ1) is 19.4. The van der Waals surface area contributed by atoms with Crippen molar-refractivity contribution in [1.29, 1.82) is 0 Å². The van der Waals surface area contributed by atoms with E-state index in [1.54, 1.807) is 25.6 Å². The van der Waals surface area contributed by atoms with Crippen molar-refractivity contribution in [2.45, 2.75) is 31.7 Å². The van der Waals surface area contributed by atoms with Crippen molar-refractivity contribution in [1.82, 2.24) is 15.0 Å². The van der Waals surface area contributed by atoms with E-state index in [9.17, 15) is 4.79 Å². The van der Waals surface area contributed by atoms with E-state index in [4.69, 9.17) is 14.0 Å². The molecule has 1 atom stereocenters. The zero-order valence-electron chi connectivity index (χ0n) is 16.5. The quantitative estimate of drug-likeness (QED) is 0.580. The highest BCUT2D eigenvalue weighted by Gasteiger charge is 2.32. The van der Waals surface area contributed by atoms with Crippen LogP contribution in [0, 0.1) is 0 Å². The molecule has 3 heterocycles. The van der Waals surface area contributed by atoms with Gasteiger partial charge in [-0.05, 0) is 42.5 Å². The highest BCUT2D eigenvalue weighted by Crippen LogP contribution is 2.39. The van der Waals surface area contributed by atoms with Crippen molar-refractivity contribution in [3.8, 4) is 22.2 Å². The number of hydrogen-bond donors (Lipinski definition) is 0. The van der Waals surface area contributed by atoms with Crippen LogP contribution in [0.1, 0.15) is 36.8 Å². The minimum atomic E-state index is -0.0167. The molecular formula is C21H23N3O4S. The summed E-state index contributed by atoms with van der Waals surface area (Å²) >= 11 is 1.56. The van der Waals surface area contributed by atoms with Gasteiger partial charge in [-0.1, -0.05) is 11.2 Å². The third kappa shape index (κ3) is 4.12. The van der Waals surface area contributed by atoms with E-state index in [2.05, 4.69) is 10.1 Å². The molecule has 2 aromatic heterocycles. The number of thiophene rings is 1. The molecule has 4 rings (SSSR count). The second-order valence-corrected chi connectivity index (χ2v) is 7.79. The molecule has 0 N–H and O–H groups in total. The number of rotatable bonds is 7. The SMILES string of the molecule is COc1ccc(OC)c([C@H]2CCCN2C(=O)CCc2nc(-c3cccs3)no2)c1. The maximum atomic E-state index is 13.0. The Morgan fingerprint density at radius 2 is 2.21 bits per heavy atom. The van der Waals surface area contributed by atoms with Gasteiger partial charge in [0.05, 0.1) is 25.1 Å². The molecule has 1 aliphatic heterocycles. The normalized spacial score (nSPS) is 16.2. The molecular weight excluding hydrogens is 390 g/mol. The minimum absolute atomic E-state index is 0.0167. The average molecular weight is 413 g/mol. The molecule has 0 saturated carbocycles. The van der Waals surface area contributed by atoms with Gasteiger partial charge < -0.3 is 18.9 Å². The highest BCUT2D eigenvalue weighted by molar-refractivity contribution is 7.13. The van der Waals surface area contributed by atoms with Crippen molar-refractivity contribution in [2.24, 2.45) is 0 Å². The predicted molar refractivity (Wildman–Crippen MR) is 109 cm³/mol. The molecule has 1 aromatic carbocycles. The van der Waals surface area contributed by atoms with Gasteiger partial charge in [-0.25, -0.2) is 0 Å². The summed E-state index contributed by atoms with van der Waals surface area (Å²) in [6.45, 7) is 0.730. The molecule has 0 unspecified atom stereocenters. The van der Waals surface area contributed by atoms with Crippen LogP contribution in [0.15, 0.2) is 40.2 Å². The second-order valence-electron chi connectivity index (χ2n) is 6.84. The molecule has 7 nitrogen and oxygen atoms in total. The van der Waals surface area contributed by atoms with Crippen molar-refractivity contribution in [3.63, 3.8) is 0 Å². The Hall–Kier alpha value is -2.87. The lowest BCUT2D eigenvalue weighted by molar-refractivity contribution is -0.132. The summed E-state index contributed by atoms with van der Waals surface area (Å²) in [6.07, 6.45) is 2.61. The van der Waals surface area contributed by atoms with E-state index in [1.807, 2.05) is 40.6 Å². The fraction of sp³-hybridized carbons (Fsp3) is 0.381. The molecule has 1 aliphatic rings. The molecule has 8 heteroatoms. The predicted octanol–water partition coefficient (Wildman–Crippen LogP) is 4.11. The Labute approximate surface area is 173 Å². The van der Waals surface area contributed by atoms with E-state index in [1.165, 1.54) is 0 Å². The monoisotopic (exact) mass is 413 g/mol. The van der Waals surface area contributed by atoms with Gasteiger partial charge in [0.15, 0.2) is 0 Å². The molecule has 3 aromatic rings. The number of methoxy groups -OCH3 is 2. The Kier molecular flexibility index (Phi) is 5.80. The largest absolute Gasteiger partial charge is 0.497 e. The number of benzene rings is 1. The van der Waals surface area contributed by atoms with Crippen LogP contribution >= 0.6 is 11.3 Å². The standard InChI is InChI=1S/C21H23N3O4S/c1-26-14-7-8-17(27-2)15(13-14)16-5-3-11-24(16)20(25)10-9-19-22-21(23-28-19)18-6-4-12-29-18/h4,6-8,12-13,16H,3,5,9-11H2,1-2H3/t16-/m1/s1. The van der Waals surface area contributed by atoms with Gasteiger partial charge in [-0.15, -0.1) is 11.3 Å². The number of nitrogens with zero attached hydrogens (tertiary/aromatic N) is 3. The van der Waals surface area contributed by atoms with E-state index in [0.717, 1.165) is 41.3 Å². The van der Waals surface area contributed by atoms with E-state index < -0.39 is 0 Å². The topological polar surface area (TPSA) is 77.7 Å². The number of amides is 1. The van der Waals surface area contributed by atoms with Crippen LogP contribution in [-0.2, 0) is 11.2 Å². The summed E-state index contributed by atoms with van der Waals surface area (Å²) in [5, 5.41) is 5.97. The van der Waals surface area contributed by atoms with E-state index in [0.29, 0.717) is 24.6 Å². The summed E-state index contributed by atoms with van der Waals surface area (Å²) in [4.78, 5) is 20.2. The Balaban J connectivity index is 1.44. The fourth-order valence-electron chi connectivity index (χ4n) is 3.71. The summed E-state index contributed by atoms with van der Waals surface area (Å²) in [7, 11) is 3.28. The number of carbonyl (C=O) groups excluding carboxylic acids is 1. The van der Waals surface area contributed by atoms with Crippen LogP contribution in [0.2, 0.25) is 0 Å². The number of hydrogen-bond acceptors (Lipinski definition) is 7. The fourth-order valence-corrected chi connectivity index (χ4v) is 4.36. The van der Waals surface area contributed by atoms with Crippen LogP contribution in [0.4, 0.5) is 0 Å². The third-order valence-corrected chi connectivity index (χ3v) is 6.00. The van der Waals surface area contributed by atoms with Gasteiger partial charge in [0, 0.05) is 24.9 Å². The van der Waals surface area contributed by atoms with E-state index >= 15 is 0 Å². The van der Waals surface area contributed by atoms with Crippen LogP contribution < -0.4 is 9.47 Å². The molecule has 0 radical (unpaired) electrons. The lowest BCUT2D eigenvalue weighted by Crippen LogP contribution is -2.31. The molecule has 0 aliphatic carbocycles. The van der Waals surface area contributed by atoms with Gasteiger partial charge in [0.2, 0.25) is 17.6 Å². The zero-order chi connectivity index (χ0) is 20.2.